The molecule has 1 unspecified atom stereocenters. The van der Waals surface area contributed by atoms with Crippen molar-refractivity contribution in [2.45, 2.75) is 33.4 Å². The molecule has 0 radical (unpaired) electrons. The predicted molar refractivity (Wildman–Crippen MR) is 84.1 cm³/mol. The van der Waals surface area contributed by atoms with Crippen LogP contribution in [-0.4, -0.2) is 42.4 Å². The third kappa shape index (κ3) is 5.56. The quantitative estimate of drug-likeness (QED) is 0.717. The van der Waals surface area contributed by atoms with Crippen molar-refractivity contribution < 1.29 is 8.42 Å². The van der Waals surface area contributed by atoms with Gasteiger partial charge in [0.1, 0.15) is 10.3 Å². The van der Waals surface area contributed by atoms with Crippen LogP contribution in [0.2, 0.25) is 10.3 Å². The third-order valence-electron chi connectivity index (χ3n) is 3.17. The highest BCUT2D eigenvalue weighted by atomic mass is 35.5. The number of hydrogen-bond acceptors (Lipinski definition) is 4. The Morgan fingerprint density at radius 2 is 1.80 bits per heavy atom. The number of pyridine rings is 1. The van der Waals surface area contributed by atoms with Crippen molar-refractivity contribution in [1.82, 2.24) is 9.88 Å². The first kappa shape index (κ1) is 17.7. The molecule has 1 heterocycles. The van der Waals surface area contributed by atoms with E-state index in [1.54, 1.807) is 19.1 Å². The molecule has 0 aliphatic carbocycles. The van der Waals surface area contributed by atoms with Crippen molar-refractivity contribution in [3.05, 3.63) is 28.0 Å². The van der Waals surface area contributed by atoms with E-state index in [9.17, 15) is 8.42 Å². The van der Waals surface area contributed by atoms with Crippen LogP contribution in [0.15, 0.2) is 12.1 Å². The van der Waals surface area contributed by atoms with Gasteiger partial charge in [-0.3, -0.25) is 4.90 Å². The van der Waals surface area contributed by atoms with Crippen LogP contribution >= 0.6 is 23.2 Å². The first-order valence-electron chi connectivity index (χ1n) is 6.53. The zero-order chi connectivity index (χ0) is 15.3. The standard InChI is InChI=1S/C13H20Cl2N2O2S/c1-4-17(10(3)9-20(18,19)5-2)8-11-6-12(14)16-13(15)7-11/h6-7,10H,4-5,8-9H2,1-3H3. The Balaban J connectivity index is 2.81. The molecule has 0 amide bonds. The molecule has 1 rings (SSSR count). The van der Waals surface area contributed by atoms with Gasteiger partial charge in [0, 0.05) is 18.3 Å². The molecule has 20 heavy (non-hydrogen) atoms. The molecule has 0 saturated carbocycles. The van der Waals surface area contributed by atoms with Gasteiger partial charge in [-0.15, -0.1) is 0 Å². The molecule has 0 aromatic carbocycles. The minimum Gasteiger partial charge on any atom is -0.296 e. The Bertz CT molecular complexity index is 529. The number of nitrogens with zero attached hydrogens (tertiary/aromatic N) is 2. The van der Waals surface area contributed by atoms with Gasteiger partial charge in [-0.05, 0) is 31.2 Å². The molecule has 0 aliphatic rings. The van der Waals surface area contributed by atoms with Crippen LogP contribution in [0.3, 0.4) is 0 Å². The minimum atomic E-state index is -2.99. The lowest BCUT2D eigenvalue weighted by atomic mass is 10.2. The van der Waals surface area contributed by atoms with Crippen molar-refractivity contribution in [3.63, 3.8) is 0 Å². The van der Waals surface area contributed by atoms with E-state index in [0.29, 0.717) is 16.9 Å². The van der Waals surface area contributed by atoms with Gasteiger partial charge in [-0.1, -0.05) is 37.0 Å². The maximum Gasteiger partial charge on any atom is 0.151 e. The molecule has 1 aromatic rings. The summed E-state index contributed by atoms with van der Waals surface area (Å²) in [5.41, 5.74) is 0.928. The number of sulfone groups is 1. The first-order valence-corrected chi connectivity index (χ1v) is 9.11. The maximum atomic E-state index is 11.7. The summed E-state index contributed by atoms with van der Waals surface area (Å²) in [6.45, 7) is 6.93. The van der Waals surface area contributed by atoms with Gasteiger partial charge in [0.15, 0.2) is 9.84 Å². The van der Waals surface area contributed by atoms with E-state index in [-0.39, 0.29) is 17.5 Å². The molecule has 1 atom stereocenters. The van der Waals surface area contributed by atoms with E-state index in [1.165, 1.54) is 0 Å². The maximum absolute atomic E-state index is 11.7. The molecular formula is C13H20Cl2N2O2S. The van der Waals surface area contributed by atoms with Crippen LogP contribution in [-0.2, 0) is 16.4 Å². The van der Waals surface area contributed by atoms with Crippen LogP contribution < -0.4 is 0 Å². The summed E-state index contributed by atoms with van der Waals surface area (Å²) in [7, 11) is -2.99. The summed E-state index contributed by atoms with van der Waals surface area (Å²) in [5.74, 6) is 0.325. The van der Waals surface area contributed by atoms with E-state index < -0.39 is 9.84 Å². The van der Waals surface area contributed by atoms with Crippen molar-refractivity contribution in [2.75, 3.05) is 18.1 Å². The average Bonchev–Trinajstić information content (AvgIpc) is 2.34. The van der Waals surface area contributed by atoms with Crippen LogP contribution in [0.4, 0.5) is 0 Å². The molecule has 1 aromatic heterocycles. The highest BCUT2D eigenvalue weighted by molar-refractivity contribution is 7.91. The van der Waals surface area contributed by atoms with Crippen molar-refractivity contribution in [1.29, 1.82) is 0 Å². The molecule has 0 bridgehead atoms. The molecule has 0 saturated heterocycles. The lowest BCUT2D eigenvalue weighted by molar-refractivity contribution is 0.226. The van der Waals surface area contributed by atoms with Gasteiger partial charge in [0.25, 0.3) is 0 Å². The van der Waals surface area contributed by atoms with Crippen molar-refractivity contribution in [3.8, 4) is 0 Å². The molecule has 0 N–H and O–H groups in total. The number of halogens is 2. The lowest BCUT2D eigenvalue weighted by Gasteiger charge is -2.27. The van der Waals surface area contributed by atoms with E-state index in [4.69, 9.17) is 23.2 Å². The molecule has 7 heteroatoms. The Labute approximate surface area is 131 Å². The van der Waals surface area contributed by atoms with Gasteiger partial charge < -0.3 is 0 Å². The van der Waals surface area contributed by atoms with Gasteiger partial charge >= 0.3 is 0 Å². The molecule has 4 nitrogen and oxygen atoms in total. The SMILES string of the molecule is CCN(Cc1cc(Cl)nc(Cl)c1)C(C)CS(=O)(=O)CC. The largest absolute Gasteiger partial charge is 0.296 e. The Kier molecular flexibility index (Phi) is 6.72. The summed E-state index contributed by atoms with van der Waals surface area (Å²) < 4.78 is 23.4. The van der Waals surface area contributed by atoms with E-state index >= 15 is 0 Å². The Morgan fingerprint density at radius 1 is 1.25 bits per heavy atom. The molecular weight excluding hydrogens is 319 g/mol. The highest BCUT2D eigenvalue weighted by Crippen LogP contribution is 2.17. The number of hydrogen-bond donors (Lipinski definition) is 0. The zero-order valence-electron chi connectivity index (χ0n) is 11.9. The topological polar surface area (TPSA) is 50.3 Å². The second-order valence-corrected chi connectivity index (χ2v) is 7.90. The normalized spacial score (nSPS) is 13.7. The summed E-state index contributed by atoms with van der Waals surface area (Å²) in [5, 5.41) is 0.690. The van der Waals surface area contributed by atoms with E-state index in [0.717, 1.165) is 12.1 Å². The van der Waals surface area contributed by atoms with Crippen molar-refractivity contribution >= 4 is 33.0 Å². The average molecular weight is 339 g/mol. The minimum absolute atomic E-state index is 0.0596. The van der Waals surface area contributed by atoms with Crippen LogP contribution in [0.1, 0.15) is 26.3 Å². The summed E-state index contributed by atoms with van der Waals surface area (Å²) in [4.78, 5) is 5.98. The fourth-order valence-electron chi connectivity index (χ4n) is 2.01. The van der Waals surface area contributed by atoms with Gasteiger partial charge in [0.2, 0.25) is 0 Å². The van der Waals surface area contributed by atoms with Gasteiger partial charge in [0.05, 0.1) is 5.75 Å². The lowest BCUT2D eigenvalue weighted by Crippen LogP contribution is -2.37. The summed E-state index contributed by atoms with van der Waals surface area (Å²) >= 11 is 11.8. The highest BCUT2D eigenvalue weighted by Gasteiger charge is 2.19. The van der Waals surface area contributed by atoms with Crippen molar-refractivity contribution in [2.24, 2.45) is 0 Å². The van der Waals surface area contributed by atoms with Gasteiger partial charge in [-0.2, -0.15) is 0 Å². The number of aromatic nitrogens is 1. The monoisotopic (exact) mass is 338 g/mol. The zero-order valence-corrected chi connectivity index (χ0v) is 14.3. The third-order valence-corrected chi connectivity index (χ3v) is 5.43. The Hall–Kier alpha value is -0.360. The molecule has 0 aliphatic heterocycles. The van der Waals surface area contributed by atoms with Gasteiger partial charge in [-0.25, -0.2) is 13.4 Å². The summed E-state index contributed by atoms with van der Waals surface area (Å²) in [6, 6.07) is 3.43. The number of rotatable bonds is 7. The molecule has 114 valence electrons. The second kappa shape index (κ2) is 7.59. The van der Waals surface area contributed by atoms with Crippen LogP contribution in [0.5, 0.6) is 0 Å². The van der Waals surface area contributed by atoms with Crippen LogP contribution in [0.25, 0.3) is 0 Å². The first-order chi connectivity index (χ1) is 9.27. The summed E-state index contributed by atoms with van der Waals surface area (Å²) in [6.07, 6.45) is 0. The van der Waals surface area contributed by atoms with E-state index in [1.807, 2.05) is 13.8 Å². The second-order valence-electron chi connectivity index (χ2n) is 4.73. The predicted octanol–water partition coefficient (Wildman–Crippen LogP) is 3.03. The molecule has 0 spiro atoms. The molecule has 0 fully saturated rings. The fourth-order valence-corrected chi connectivity index (χ4v) is 3.70. The smallest absolute Gasteiger partial charge is 0.151 e. The Morgan fingerprint density at radius 3 is 2.25 bits per heavy atom. The van der Waals surface area contributed by atoms with E-state index in [2.05, 4.69) is 9.88 Å². The van der Waals surface area contributed by atoms with Crippen LogP contribution in [0, 0.1) is 0 Å². The fraction of sp³-hybridized carbons (Fsp3) is 0.615.